The number of amides is 2. The number of aliphatic carboxylic acids is 1. The van der Waals surface area contributed by atoms with Crippen LogP contribution < -0.4 is 5.32 Å². The van der Waals surface area contributed by atoms with Crippen LogP contribution in [0.4, 0.5) is 18.0 Å². The Labute approximate surface area is 143 Å². The first-order valence-corrected chi connectivity index (χ1v) is 8.22. The summed E-state index contributed by atoms with van der Waals surface area (Å²) in [5.74, 6) is -1.00. The van der Waals surface area contributed by atoms with Crippen LogP contribution in [-0.4, -0.2) is 35.1 Å². The number of hydrogen-bond donors (Lipinski definition) is 2. The summed E-state index contributed by atoms with van der Waals surface area (Å²) in [5, 5.41) is 11.2. The Morgan fingerprint density at radius 3 is 2.44 bits per heavy atom. The van der Waals surface area contributed by atoms with Gasteiger partial charge in [0.2, 0.25) is 0 Å². The maximum atomic E-state index is 12.7. The minimum absolute atomic E-state index is 0.0183. The zero-order valence-corrected chi connectivity index (χ0v) is 13.7. The SMILES string of the molecule is O=C(O)CCNC(=O)N1CCCCCC1c1ccc(C(F)(F)F)cc1. The van der Waals surface area contributed by atoms with Crippen molar-refractivity contribution in [2.24, 2.45) is 0 Å². The fourth-order valence-corrected chi connectivity index (χ4v) is 2.97. The lowest BCUT2D eigenvalue weighted by Gasteiger charge is -2.30. The van der Waals surface area contributed by atoms with Gasteiger partial charge in [-0.3, -0.25) is 4.79 Å². The van der Waals surface area contributed by atoms with Crippen LogP contribution in [0.3, 0.4) is 0 Å². The molecule has 0 aliphatic carbocycles. The van der Waals surface area contributed by atoms with Crippen LogP contribution in [0.15, 0.2) is 24.3 Å². The molecule has 5 nitrogen and oxygen atoms in total. The van der Waals surface area contributed by atoms with Crippen molar-refractivity contribution in [1.29, 1.82) is 0 Å². The molecular formula is C17H21F3N2O3. The number of carbonyl (C=O) groups excluding carboxylic acids is 1. The second kappa shape index (κ2) is 8.22. The van der Waals surface area contributed by atoms with Gasteiger partial charge in [0.1, 0.15) is 0 Å². The molecule has 0 radical (unpaired) electrons. The predicted molar refractivity (Wildman–Crippen MR) is 85.0 cm³/mol. The molecular weight excluding hydrogens is 337 g/mol. The van der Waals surface area contributed by atoms with Crippen molar-refractivity contribution in [3.05, 3.63) is 35.4 Å². The Kier molecular flexibility index (Phi) is 6.27. The van der Waals surface area contributed by atoms with Crippen LogP contribution >= 0.6 is 0 Å². The average Bonchev–Trinajstić information content (AvgIpc) is 2.79. The van der Waals surface area contributed by atoms with E-state index in [0.717, 1.165) is 31.4 Å². The average molecular weight is 358 g/mol. The van der Waals surface area contributed by atoms with Crippen molar-refractivity contribution in [1.82, 2.24) is 10.2 Å². The summed E-state index contributed by atoms with van der Waals surface area (Å²) in [6, 6.07) is 4.19. The van der Waals surface area contributed by atoms with Gasteiger partial charge in [-0.2, -0.15) is 13.2 Å². The third-order valence-corrected chi connectivity index (χ3v) is 4.25. The fraction of sp³-hybridized carbons (Fsp3) is 0.529. The van der Waals surface area contributed by atoms with Crippen molar-refractivity contribution >= 4 is 12.0 Å². The number of halogens is 3. The number of carboxylic acids is 1. The lowest BCUT2D eigenvalue weighted by molar-refractivity contribution is -0.138. The number of nitrogens with zero attached hydrogens (tertiary/aromatic N) is 1. The van der Waals surface area contributed by atoms with E-state index in [2.05, 4.69) is 5.32 Å². The molecule has 1 unspecified atom stereocenters. The topological polar surface area (TPSA) is 69.6 Å². The van der Waals surface area contributed by atoms with Crippen molar-refractivity contribution < 1.29 is 27.9 Å². The van der Waals surface area contributed by atoms with Crippen LogP contribution in [0.5, 0.6) is 0 Å². The van der Waals surface area contributed by atoms with Gasteiger partial charge in [0.15, 0.2) is 0 Å². The minimum atomic E-state index is -4.39. The number of benzene rings is 1. The third-order valence-electron chi connectivity index (χ3n) is 4.25. The molecule has 1 atom stereocenters. The molecule has 0 bridgehead atoms. The van der Waals surface area contributed by atoms with Gasteiger partial charge in [0.25, 0.3) is 0 Å². The molecule has 1 aliphatic heterocycles. The molecule has 1 aromatic carbocycles. The highest BCUT2D eigenvalue weighted by molar-refractivity contribution is 5.75. The maximum absolute atomic E-state index is 12.7. The third kappa shape index (κ3) is 5.37. The van der Waals surface area contributed by atoms with E-state index in [1.807, 2.05) is 0 Å². The van der Waals surface area contributed by atoms with Gasteiger partial charge < -0.3 is 15.3 Å². The quantitative estimate of drug-likeness (QED) is 0.860. The standard InChI is InChI=1S/C17H21F3N2O3/c18-17(19,20)13-7-5-12(6-8-13)14-4-2-1-3-11-22(14)16(25)21-10-9-15(23)24/h5-8,14H,1-4,9-11H2,(H,21,25)(H,23,24). The first-order valence-electron chi connectivity index (χ1n) is 8.22. The normalized spacial score (nSPS) is 18.5. The molecule has 8 heteroatoms. The minimum Gasteiger partial charge on any atom is -0.481 e. The number of carboxylic acid groups (broad SMARTS) is 1. The number of hydrogen-bond acceptors (Lipinski definition) is 2. The Hall–Kier alpha value is -2.25. The van der Waals surface area contributed by atoms with E-state index >= 15 is 0 Å². The first-order chi connectivity index (χ1) is 11.8. The summed E-state index contributed by atoms with van der Waals surface area (Å²) in [6.07, 6.45) is -1.28. The van der Waals surface area contributed by atoms with E-state index in [1.54, 1.807) is 4.90 Å². The zero-order valence-electron chi connectivity index (χ0n) is 13.7. The monoisotopic (exact) mass is 358 g/mol. The van der Waals surface area contributed by atoms with E-state index in [9.17, 15) is 22.8 Å². The van der Waals surface area contributed by atoms with Crippen molar-refractivity contribution in [3.8, 4) is 0 Å². The summed E-state index contributed by atoms with van der Waals surface area (Å²) < 4.78 is 38.1. The summed E-state index contributed by atoms with van der Waals surface area (Å²) >= 11 is 0. The van der Waals surface area contributed by atoms with Crippen molar-refractivity contribution in [2.75, 3.05) is 13.1 Å². The zero-order chi connectivity index (χ0) is 18.4. The van der Waals surface area contributed by atoms with E-state index in [1.165, 1.54) is 12.1 Å². The lowest BCUT2D eigenvalue weighted by atomic mass is 9.99. The molecule has 1 aliphatic rings. The van der Waals surface area contributed by atoms with E-state index < -0.39 is 17.7 Å². The van der Waals surface area contributed by atoms with E-state index in [4.69, 9.17) is 5.11 Å². The van der Waals surface area contributed by atoms with Gasteiger partial charge >= 0.3 is 18.2 Å². The molecule has 138 valence electrons. The summed E-state index contributed by atoms with van der Waals surface area (Å²) in [4.78, 5) is 24.5. The van der Waals surface area contributed by atoms with Crippen molar-refractivity contribution in [2.45, 2.75) is 44.3 Å². The highest BCUT2D eigenvalue weighted by Gasteiger charge is 2.31. The highest BCUT2D eigenvalue weighted by atomic mass is 19.4. The number of rotatable bonds is 4. The number of likely N-dealkylation sites (tertiary alicyclic amines) is 1. The second-order valence-corrected chi connectivity index (χ2v) is 6.05. The van der Waals surface area contributed by atoms with Crippen LogP contribution in [0.25, 0.3) is 0 Å². The molecule has 2 N–H and O–H groups in total. The Bertz CT molecular complexity index is 602. The number of carbonyl (C=O) groups is 2. The largest absolute Gasteiger partial charge is 0.481 e. The Morgan fingerprint density at radius 1 is 1.16 bits per heavy atom. The highest BCUT2D eigenvalue weighted by Crippen LogP contribution is 2.33. The number of nitrogens with one attached hydrogen (secondary N) is 1. The predicted octanol–water partition coefficient (Wildman–Crippen LogP) is 3.81. The van der Waals surface area contributed by atoms with Crippen LogP contribution in [0.2, 0.25) is 0 Å². The molecule has 1 aromatic rings. The molecule has 1 saturated heterocycles. The molecule has 0 aromatic heterocycles. The molecule has 0 saturated carbocycles. The summed E-state index contributed by atoms with van der Waals surface area (Å²) in [7, 11) is 0. The van der Waals surface area contributed by atoms with Gasteiger partial charge in [0.05, 0.1) is 18.0 Å². The van der Waals surface area contributed by atoms with Crippen LogP contribution in [0, 0.1) is 0 Å². The summed E-state index contributed by atoms with van der Waals surface area (Å²) in [5.41, 5.74) is -0.0642. The Balaban J connectivity index is 2.13. The van der Waals surface area contributed by atoms with E-state index in [0.29, 0.717) is 18.5 Å². The smallest absolute Gasteiger partial charge is 0.416 e. The lowest BCUT2D eigenvalue weighted by Crippen LogP contribution is -2.42. The maximum Gasteiger partial charge on any atom is 0.416 e. The van der Waals surface area contributed by atoms with Crippen molar-refractivity contribution in [3.63, 3.8) is 0 Å². The van der Waals surface area contributed by atoms with Gasteiger partial charge in [-0.05, 0) is 30.5 Å². The molecule has 2 amide bonds. The van der Waals surface area contributed by atoms with Gasteiger partial charge in [-0.1, -0.05) is 25.0 Å². The molecule has 1 heterocycles. The first kappa shape index (κ1) is 19.1. The molecule has 25 heavy (non-hydrogen) atoms. The fourth-order valence-electron chi connectivity index (χ4n) is 2.97. The van der Waals surface area contributed by atoms with Gasteiger partial charge in [0, 0.05) is 13.1 Å². The van der Waals surface area contributed by atoms with Crippen LogP contribution in [-0.2, 0) is 11.0 Å². The number of urea groups is 1. The molecule has 2 rings (SSSR count). The molecule has 1 fully saturated rings. The number of alkyl halides is 3. The molecule has 0 spiro atoms. The van der Waals surface area contributed by atoms with Crippen LogP contribution in [0.1, 0.15) is 49.3 Å². The van der Waals surface area contributed by atoms with Gasteiger partial charge in [-0.15, -0.1) is 0 Å². The summed E-state index contributed by atoms with van der Waals surface area (Å²) in [6.45, 7) is 0.509. The second-order valence-electron chi connectivity index (χ2n) is 6.05. The van der Waals surface area contributed by atoms with E-state index in [-0.39, 0.29) is 25.0 Å². The van der Waals surface area contributed by atoms with Gasteiger partial charge in [-0.25, -0.2) is 4.79 Å². The Morgan fingerprint density at radius 2 is 1.84 bits per heavy atom.